The van der Waals surface area contributed by atoms with Gasteiger partial charge in [-0.2, -0.15) is 0 Å². The molecule has 1 N–H and O–H groups in total. The van der Waals surface area contributed by atoms with Crippen LogP contribution in [0.2, 0.25) is 0 Å². The molecule has 1 aromatic heterocycles. The fraction of sp³-hybridized carbons (Fsp3) is 0.737. The zero-order valence-corrected chi connectivity index (χ0v) is 15.6. The average molecular weight is 323 g/mol. The zero-order chi connectivity index (χ0) is 17.5. The van der Waals surface area contributed by atoms with E-state index in [1.807, 2.05) is 13.0 Å². The molecule has 2 rings (SSSR count). The normalized spacial score (nSPS) is 17.2. The van der Waals surface area contributed by atoms with E-state index in [1.165, 1.54) is 12.8 Å². The topological polar surface area (TPSA) is 51.3 Å². The number of pyridine rings is 1. The van der Waals surface area contributed by atoms with Crippen molar-refractivity contribution < 1.29 is 9.47 Å². The van der Waals surface area contributed by atoms with E-state index in [0.717, 1.165) is 36.9 Å². The predicted molar refractivity (Wildman–Crippen MR) is 94.9 cm³/mol. The molecule has 0 bridgehead atoms. The Morgan fingerprint density at radius 1 is 1.30 bits per heavy atom. The van der Waals surface area contributed by atoms with Crippen LogP contribution in [-0.4, -0.2) is 30.4 Å². The Morgan fingerprint density at radius 3 is 2.35 bits per heavy atom. The predicted octanol–water partition coefficient (Wildman–Crippen LogP) is 3.86. The molecule has 0 radical (unpaired) electrons. The van der Waals surface area contributed by atoms with E-state index in [4.69, 9.17) is 9.47 Å². The summed E-state index contributed by atoms with van der Waals surface area (Å²) in [5.41, 5.74) is 1.90. The summed E-state index contributed by atoms with van der Waals surface area (Å²) in [6.07, 6.45) is 4.12. The van der Waals surface area contributed by atoms with Gasteiger partial charge in [0.2, 0.25) is 0 Å². The van der Waals surface area contributed by atoms with Gasteiger partial charge in [-0.3, -0.25) is 4.79 Å². The molecule has 4 nitrogen and oxygen atoms in total. The van der Waals surface area contributed by atoms with Crippen molar-refractivity contribution in [2.24, 2.45) is 11.8 Å². The molecule has 1 fully saturated rings. The van der Waals surface area contributed by atoms with Crippen molar-refractivity contribution in [3.8, 4) is 0 Å². The minimum absolute atomic E-state index is 0.000556. The van der Waals surface area contributed by atoms with Gasteiger partial charge in [-0.15, -0.1) is 0 Å². The quantitative estimate of drug-likeness (QED) is 0.865. The van der Waals surface area contributed by atoms with E-state index >= 15 is 0 Å². The summed E-state index contributed by atoms with van der Waals surface area (Å²) >= 11 is 0. The maximum Gasteiger partial charge on any atom is 0.250 e. The zero-order valence-electron chi connectivity index (χ0n) is 15.6. The SMILES string of the molecule is CCC(C)CCOC1(C(C)C)COC1.Cc1c[nH]c(=O)c(C)c1. The lowest BCUT2D eigenvalue weighted by Gasteiger charge is -2.44. The second kappa shape index (κ2) is 9.24. The number of aromatic amines is 1. The van der Waals surface area contributed by atoms with Crippen molar-refractivity contribution in [1.29, 1.82) is 0 Å². The molecular weight excluding hydrogens is 290 g/mol. The highest BCUT2D eigenvalue weighted by molar-refractivity contribution is 5.14. The molecule has 0 spiro atoms. The third kappa shape index (κ3) is 6.11. The van der Waals surface area contributed by atoms with Crippen molar-refractivity contribution in [2.75, 3.05) is 19.8 Å². The van der Waals surface area contributed by atoms with Crippen LogP contribution >= 0.6 is 0 Å². The highest BCUT2D eigenvalue weighted by Crippen LogP contribution is 2.30. The highest BCUT2D eigenvalue weighted by Gasteiger charge is 2.42. The molecule has 1 unspecified atom stereocenters. The Morgan fingerprint density at radius 2 is 1.96 bits per heavy atom. The fourth-order valence-electron chi connectivity index (χ4n) is 2.30. The molecule has 1 aromatic rings. The number of rotatable bonds is 6. The van der Waals surface area contributed by atoms with Gasteiger partial charge in [0.1, 0.15) is 5.60 Å². The van der Waals surface area contributed by atoms with Crippen molar-refractivity contribution in [3.63, 3.8) is 0 Å². The molecular formula is C19H33NO3. The third-order valence-corrected chi connectivity index (χ3v) is 4.68. The van der Waals surface area contributed by atoms with Gasteiger partial charge in [0.25, 0.3) is 5.56 Å². The smallest absolute Gasteiger partial charge is 0.250 e. The monoisotopic (exact) mass is 323 g/mol. The van der Waals surface area contributed by atoms with Crippen LogP contribution in [0, 0.1) is 25.7 Å². The second-order valence-corrected chi connectivity index (χ2v) is 7.05. The van der Waals surface area contributed by atoms with Crippen molar-refractivity contribution in [1.82, 2.24) is 4.98 Å². The van der Waals surface area contributed by atoms with Gasteiger partial charge in [-0.25, -0.2) is 0 Å². The van der Waals surface area contributed by atoms with E-state index in [-0.39, 0.29) is 11.2 Å². The Labute approximate surface area is 140 Å². The van der Waals surface area contributed by atoms with Gasteiger partial charge in [0.15, 0.2) is 0 Å². The lowest BCUT2D eigenvalue weighted by atomic mass is 9.88. The van der Waals surface area contributed by atoms with Crippen LogP contribution in [0.3, 0.4) is 0 Å². The van der Waals surface area contributed by atoms with Crippen molar-refractivity contribution in [3.05, 3.63) is 33.7 Å². The van der Waals surface area contributed by atoms with Gasteiger partial charge in [0, 0.05) is 18.4 Å². The van der Waals surface area contributed by atoms with E-state index in [2.05, 4.69) is 32.7 Å². The van der Waals surface area contributed by atoms with Crippen LogP contribution in [-0.2, 0) is 9.47 Å². The number of aryl methyl sites for hydroxylation is 2. The number of aromatic nitrogens is 1. The van der Waals surface area contributed by atoms with Gasteiger partial charge in [0.05, 0.1) is 13.2 Å². The first-order valence-corrected chi connectivity index (χ1v) is 8.68. The highest BCUT2D eigenvalue weighted by atomic mass is 16.6. The first-order chi connectivity index (χ1) is 10.8. The summed E-state index contributed by atoms with van der Waals surface area (Å²) in [5.74, 6) is 1.34. The van der Waals surface area contributed by atoms with Gasteiger partial charge < -0.3 is 14.5 Å². The van der Waals surface area contributed by atoms with Crippen LogP contribution in [0.25, 0.3) is 0 Å². The molecule has 1 aliphatic rings. The number of hydrogen-bond acceptors (Lipinski definition) is 3. The van der Waals surface area contributed by atoms with Gasteiger partial charge >= 0.3 is 0 Å². The molecule has 0 aromatic carbocycles. The minimum Gasteiger partial charge on any atom is -0.375 e. The van der Waals surface area contributed by atoms with Crippen LogP contribution in [0.1, 0.15) is 51.7 Å². The molecule has 1 aliphatic heterocycles. The van der Waals surface area contributed by atoms with E-state index in [9.17, 15) is 4.79 Å². The maximum absolute atomic E-state index is 10.7. The second-order valence-electron chi connectivity index (χ2n) is 7.05. The van der Waals surface area contributed by atoms with E-state index in [1.54, 1.807) is 13.1 Å². The molecule has 2 heterocycles. The van der Waals surface area contributed by atoms with Crippen LogP contribution in [0.4, 0.5) is 0 Å². The summed E-state index contributed by atoms with van der Waals surface area (Å²) in [7, 11) is 0. The number of ether oxygens (including phenoxy) is 2. The fourth-order valence-corrected chi connectivity index (χ4v) is 2.30. The number of hydrogen-bond donors (Lipinski definition) is 1. The van der Waals surface area contributed by atoms with Crippen molar-refractivity contribution in [2.45, 2.75) is 60.0 Å². The summed E-state index contributed by atoms with van der Waals surface area (Å²) in [6, 6.07) is 1.86. The molecule has 23 heavy (non-hydrogen) atoms. The van der Waals surface area contributed by atoms with Crippen molar-refractivity contribution >= 4 is 0 Å². The molecule has 0 amide bonds. The standard InChI is InChI=1S/C12H24O2.C7H9NO/c1-5-11(4)6-7-14-12(10(2)3)8-13-9-12;1-5-3-6(2)7(9)8-4-5/h10-11H,5-9H2,1-4H3;3-4H,1-2H3,(H,8,9). The lowest BCUT2D eigenvalue weighted by molar-refractivity contribution is -0.231. The minimum atomic E-state index is 0.000556. The Hall–Kier alpha value is -1.13. The molecule has 1 atom stereocenters. The molecule has 0 aliphatic carbocycles. The van der Waals surface area contributed by atoms with Gasteiger partial charge in [-0.05, 0) is 43.7 Å². The summed E-state index contributed by atoms with van der Waals surface area (Å²) < 4.78 is 11.2. The van der Waals surface area contributed by atoms with Gasteiger partial charge in [-0.1, -0.05) is 34.1 Å². The summed E-state index contributed by atoms with van der Waals surface area (Å²) in [5, 5.41) is 0. The largest absolute Gasteiger partial charge is 0.375 e. The first-order valence-electron chi connectivity index (χ1n) is 8.68. The summed E-state index contributed by atoms with van der Waals surface area (Å²) in [4.78, 5) is 13.3. The number of H-pyrrole nitrogens is 1. The maximum atomic E-state index is 10.7. The van der Waals surface area contributed by atoms with Crippen LogP contribution < -0.4 is 5.56 Å². The molecule has 1 saturated heterocycles. The van der Waals surface area contributed by atoms with E-state index in [0.29, 0.717) is 5.92 Å². The molecule has 4 heteroatoms. The number of nitrogens with one attached hydrogen (secondary N) is 1. The lowest BCUT2D eigenvalue weighted by Crippen LogP contribution is -2.56. The Bertz CT molecular complexity index is 518. The first kappa shape index (κ1) is 19.9. The van der Waals surface area contributed by atoms with E-state index < -0.39 is 0 Å². The Kier molecular flexibility index (Phi) is 8.00. The Balaban J connectivity index is 0.000000253. The summed E-state index contributed by atoms with van der Waals surface area (Å²) in [6.45, 7) is 15.1. The van der Waals surface area contributed by atoms with Crippen LogP contribution in [0.5, 0.6) is 0 Å². The van der Waals surface area contributed by atoms with Crippen LogP contribution in [0.15, 0.2) is 17.1 Å². The molecule has 132 valence electrons. The molecule has 0 saturated carbocycles. The average Bonchev–Trinajstić information content (AvgIpc) is 2.46. The third-order valence-electron chi connectivity index (χ3n) is 4.68.